The van der Waals surface area contributed by atoms with E-state index in [2.05, 4.69) is 24.9 Å². The Bertz CT molecular complexity index is 1540. The van der Waals surface area contributed by atoms with Crippen molar-refractivity contribution in [1.29, 1.82) is 0 Å². The number of imidazole rings is 1. The molecule has 5 heterocycles. The Morgan fingerprint density at radius 2 is 2.25 bits per heavy atom. The first kappa shape index (κ1) is 27.8. The van der Waals surface area contributed by atoms with E-state index >= 15 is 0 Å². The van der Waals surface area contributed by atoms with Crippen LogP contribution in [0.1, 0.15) is 12.7 Å². The highest BCUT2D eigenvalue weighted by molar-refractivity contribution is 8.00. The van der Waals surface area contributed by atoms with Gasteiger partial charge in [0.1, 0.15) is 35.8 Å². The van der Waals surface area contributed by atoms with Gasteiger partial charge in [0.25, 0.3) is 11.8 Å². The number of nitrogens with zero attached hydrogens (tertiary/aromatic N) is 7. The highest BCUT2D eigenvalue weighted by Gasteiger charge is 2.53. The maximum Gasteiger partial charge on any atom is 0.307 e. The fourth-order valence-corrected chi connectivity index (χ4v) is 6.56. The Balaban J connectivity index is 1.34. The number of aliphatic carboxylic acids is 1. The van der Waals surface area contributed by atoms with E-state index in [1.807, 2.05) is 16.7 Å². The molecule has 2 aliphatic rings. The number of hydrogen-bond acceptors (Lipinski definition) is 14. The number of thioether (sulfide) groups is 2. The Morgan fingerprint density at radius 3 is 2.95 bits per heavy atom. The van der Waals surface area contributed by atoms with Gasteiger partial charge in [0.2, 0.25) is 11.5 Å². The second kappa shape index (κ2) is 11.8. The summed E-state index contributed by atoms with van der Waals surface area (Å²) in [6.07, 6.45) is 3.50. The number of oxime groups is 1. The lowest BCUT2D eigenvalue weighted by Gasteiger charge is -2.50. The average Bonchev–Trinajstić information content (AvgIpc) is 3.55. The third-order valence-corrected chi connectivity index (χ3v) is 8.66. The summed E-state index contributed by atoms with van der Waals surface area (Å²) in [6.45, 7) is 2.09. The molecule has 5 rings (SSSR count). The maximum absolute atomic E-state index is 13.1. The van der Waals surface area contributed by atoms with E-state index in [0.717, 1.165) is 21.5 Å². The van der Waals surface area contributed by atoms with E-state index in [4.69, 9.17) is 15.7 Å². The number of anilines is 1. The molecule has 2 amide bonds. The first-order valence-corrected chi connectivity index (χ1v) is 14.7. The monoisotopic (exact) mass is 605 g/mol. The second-order valence-corrected chi connectivity index (χ2v) is 11.4. The summed E-state index contributed by atoms with van der Waals surface area (Å²) in [5, 5.41) is 32.3. The fraction of sp³-hybridized carbons (Fsp3) is 0.364. The van der Waals surface area contributed by atoms with Crippen molar-refractivity contribution in [3.8, 4) is 0 Å². The number of nitrogen functional groups attached to an aromatic ring is 1. The number of aliphatic hydroxyl groups is 1. The highest BCUT2D eigenvalue weighted by atomic mass is 32.2. The molecule has 0 saturated carbocycles. The number of carbonyl (C=O) groups is 3. The maximum atomic E-state index is 13.1. The summed E-state index contributed by atoms with van der Waals surface area (Å²) >= 11 is 3.61. The number of fused-ring (bicyclic) bond motifs is 2. The molecule has 0 spiro atoms. The van der Waals surface area contributed by atoms with Crippen LogP contribution in [-0.2, 0) is 25.8 Å². The topological polar surface area (TPSA) is 204 Å². The lowest BCUT2D eigenvalue weighted by Crippen LogP contribution is -2.71. The number of rotatable bonds is 11. The van der Waals surface area contributed by atoms with Gasteiger partial charge in [-0.2, -0.15) is 9.36 Å². The largest absolute Gasteiger partial charge is 0.543 e. The van der Waals surface area contributed by atoms with Gasteiger partial charge in [-0.05, 0) is 13.0 Å². The zero-order valence-corrected chi connectivity index (χ0v) is 23.4. The van der Waals surface area contributed by atoms with E-state index in [1.54, 1.807) is 23.8 Å². The van der Waals surface area contributed by atoms with E-state index < -0.39 is 29.2 Å². The molecule has 1 saturated heterocycles. The quantitative estimate of drug-likeness (QED) is 0.0713. The molecule has 1 fully saturated rings. The number of carboxylic acid groups (broad SMARTS) is 1. The van der Waals surface area contributed by atoms with Gasteiger partial charge in [0.15, 0.2) is 11.3 Å². The number of carboxylic acids is 1. The van der Waals surface area contributed by atoms with Crippen LogP contribution in [0.2, 0.25) is 0 Å². The summed E-state index contributed by atoms with van der Waals surface area (Å²) < 4.78 is 7.46. The molecular formula is C22H23N9O6S3. The zero-order chi connectivity index (χ0) is 28.4. The molecule has 2 aliphatic heterocycles. The van der Waals surface area contributed by atoms with Crippen LogP contribution in [0.4, 0.5) is 5.13 Å². The van der Waals surface area contributed by atoms with E-state index in [-0.39, 0.29) is 47.9 Å². The molecule has 2 atom stereocenters. The van der Waals surface area contributed by atoms with E-state index in [0.29, 0.717) is 17.0 Å². The molecule has 0 aromatic carbocycles. The molecule has 0 bridgehead atoms. The molecule has 0 radical (unpaired) electrons. The van der Waals surface area contributed by atoms with Gasteiger partial charge in [-0.15, -0.1) is 28.0 Å². The normalized spacial score (nSPS) is 19.0. The summed E-state index contributed by atoms with van der Waals surface area (Å²) in [7, 11) is 0. The van der Waals surface area contributed by atoms with Gasteiger partial charge in [-0.3, -0.25) is 14.5 Å². The van der Waals surface area contributed by atoms with Crippen molar-refractivity contribution in [3.05, 3.63) is 41.6 Å². The lowest BCUT2D eigenvalue weighted by molar-refractivity contribution is -0.662. The van der Waals surface area contributed by atoms with Gasteiger partial charge in [0, 0.05) is 34.7 Å². The van der Waals surface area contributed by atoms with Crippen LogP contribution < -0.4 is 20.7 Å². The molecule has 3 aromatic heterocycles. The third kappa shape index (κ3) is 5.34. The van der Waals surface area contributed by atoms with Gasteiger partial charge >= 0.3 is 5.65 Å². The Hall–Kier alpha value is -3.74. The Kier molecular flexibility index (Phi) is 8.19. The molecule has 210 valence electrons. The van der Waals surface area contributed by atoms with Crippen molar-refractivity contribution in [3.63, 3.8) is 0 Å². The first-order chi connectivity index (χ1) is 19.3. The van der Waals surface area contributed by atoms with Crippen LogP contribution in [0, 0.1) is 0 Å². The first-order valence-electron chi connectivity index (χ1n) is 11.9. The lowest BCUT2D eigenvalue weighted by atomic mass is 10.0. The number of nitrogens with one attached hydrogen (secondary N) is 1. The minimum atomic E-state index is -1.48. The van der Waals surface area contributed by atoms with E-state index in [9.17, 15) is 19.5 Å². The minimum absolute atomic E-state index is 0.0365. The van der Waals surface area contributed by atoms with Crippen molar-refractivity contribution in [2.45, 2.75) is 29.9 Å². The van der Waals surface area contributed by atoms with Crippen LogP contribution in [0.25, 0.3) is 5.65 Å². The standard InChI is InChI=1S/C22H23N9O6S3/c1-2-37-27-14(17-25-22(23)40-28-17)18(33)24-15-19(34)31-16(21(35)36)11(10-39-20(15)31)9-29-5-6-30-13(29)4-3-12(26-30)38-8-7-32/h3-6,15,20,32H,2,7-10H2,1H3,(H3-,23,24,25,28,33,35,36)/b27-14-/t15-,20-/m1/s1. The molecule has 0 aliphatic carbocycles. The fourth-order valence-electron chi connectivity index (χ4n) is 4.18. The van der Waals surface area contributed by atoms with Gasteiger partial charge < -0.3 is 30.9 Å². The minimum Gasteiger partial charge on any atom is -0.543 e. The number of amides is 2. The van der Waals surface area contributed by atoms with Crippen LogP contribution in [0.3, 0.4) is 0 Å². The number of nitrogens with two attached hydrogens (primary N) is 1. The molecule has 3 aromatic rings. The molecule has 40 heavy (non-hydrogen) atoms. The number of aliphatic hydroxyl groups excluding tert-OH is 1. The molecule has 18 heteroatoms. The van der Waals surface area contributed by atoms with Crippen molar-refractivity contribution in [1.82, 2.24) is 29.2 Å². The smallest absolute Gasteiger partial charge is 0.307 e. The van der Waals surface area contributed by atoms with Crippen molar-refractivity contribution in [2.75, 3.05) is 30.5 Å². The summed E-state index contributed by atoms with van der Waals surface area (Å²) in [5.41, 5.74) is 6.35. The van der Waals surface area contributed by atoms with Gasteiger partial charge in [-0.25, -0.2) is 4.57 Å². The van der Waals surface area contributed by atoms with Crippen molar-refractivity contribution < 1.29 is 34.0 Å². The summed E-state index contributed by atoms with van der Waals surface area (Å²) in [5.74, 6) is -2.07. The predicted molar refractivity (Wildman–Crippen MR) is 143 cm³/mol. The molecular weight excluding hydrogens is 583 g/mol. The second-order valence-electron chi connectivity index (χ2n) is 8.39. The molecule has 0 unspecified atom stereocenters. The van der Waals surface area contributed by atoms with Crippen LogP contribution in [-0.4, -0.2) is 88.6 Å². The van der Waals surface area contributed by atoms with Crippen LogP contribution in [0.15, 0.2) is 46.0 Å². The van der Waals surface area contributed by atoms with Crippen LogP contribution in [0.5, 0.6) is 0 Å². The van der Waals surface area contributed by atoms with Gasteiger partial charge in [-0.1, -0.05) is 10.3 Å². The number of β-lactam (4-membered cyclic amide) rings is 1. The number of hydrogen-bond donors (Lipinski definition) is 3. The SMILES string of the molecule is CCO/N=C(\C(=O)N[C@@H]1C(=O)N2C(C(=O)[O-])=C(C[n+]3ccn4nc(SCCO)ccc43)CS[C@H]12)c1nsc(N)n1. The Morgan fingerprint density at radius 1 is 1.43 bits per heavy atom. The number of carbonyl (C=O) groups excluding carboxylic acids is 3. The third-order valence-electron chi connectivity index (χ3n) is 5.88. The summed E-state index contributed by atoms with van der Waals surface area (Å²) in [4.78, 5) is 48.4. The van der Waals surface area contributed by atoms with Crippen molar-refractivity contribution in [2.24, 2.45) is 5.16 Å². The Labute approximate surface area is 239 Å². The molecule has 15 nitrogen and oxygen atoms in total. The summed E-state index contributed by atoms with van der Waals surface area (Å²) in [6, 6.07) is 2.66. The number of aromatic nitrogens is 5. The molecule has 4 N–H and O–H groups in total. The van der Waals surface area contributed by atoms with Gasteiger partial charge in [0.05, 0.1) is 18.3 Å². The predicted octanol–water partition coefficient (Wildman–Crippen LogP) is -2.02. The van der Waals surface area contributed by atoms with E-state index in [1.165, 1.54) is 23.5 Å². The van der Waals surface area contributed by atoms with Crippen molar-refractivity contribution >= 4 is 69.3 Å². The van der Waals surface area contributed by atoms with Crippen LogP contribution >= 0.6 is 35.1 Å². The highest BCUT2D eigenvalue weighted by Crippen LogP contribution is 2.40. The average molecular weight is 606 g/mol. The zero-order valence-electron chi connectivity index (χ0n) is 20.9.